The van der Waals surface area contributed by atoms with E-state index in [1.54, 1.807) is 6.33 Å². The van der Waals surface area contributed by atoms with Gasteiger partial charge in [-0.2, -0.15) is 0 Å². The lowest BCUT2D eigenvalue weighted by atomic mass is 10.3. The Hall–Kier alpha value is -0.900. The van der Waals surface area contributed by atoms with Gasteiger partial charge in [-0.05, 0) is 19.4 Å². The van der Waals surface area contributed by atoms with Crippen molar-refractivity contribution in [3.63, 3.8) is 0 Å². The maximum atomic E-state index is 5.40. The number of nitrogens with zero attached hydrogens (tertiary/aromatic N) is 3. The summed E-state index contributed by atoms with van der Waals surface area (Å²) in [5, 5.41) is 7.85. The minimum absolute atomic E-state index is 0.767. The van der Waals surface area contributed by atoms with Crippen LogP contribution in [0.15, 0.2) is 6.33 Å². The Balaban J connectivity index is 2.39. The third-order valence-corrected chi connectivity index (χ3v) is 1.87. The minimum atomic E-state index is 0.767. The fourth-order valence-electron chi connectivity index (χ4n) is 1.17. The third kappa shape index (κ3) is 2.30. The smallest absolute Gasteiger partial charge is 0.132 e. The third-order valence-electron chi connectivity index (χ3n) is 1.87. The second kappa shape index (κ2) is 4.87. The highest BCUT2D eigenvalue weighted by molar-refractivity contribution is 4.83. The maximum Gasteiger partial charge on any atom is 0.132 e. The number of hydrogen-bond acceptors (Lipinski definition) is 3. The Morgan fingerprint density at radius 2 is 2.33 bits per heavy atom. The zero-order valence-electron chi connectivity index (χ0n) is 7.53. The van der Waals surface area contributed by atoms with Crippen molar-refractivity contribution >= 4 is 0 Å². The number of unbranched alkanes of at least 4 members (excludes halogenated alkanes) is 1. The van der Waals surface area contributed by atoms with Gasteiger partial charge in [-0.1, -0.05) is 6.92 Å². The van der Waals surface area contributed by atoms with E-state index < -0.39 is 0 Å². The molecule has 1 rings (SSSR count). The number of rotatable bonds is 5. The van der Waals surface area contributed by atoms with Crippen LogP contribution in [-0.2, 0) is 13.0 Å². The lowest BCUT2D eigenvalue weighted by molar-refractivity contribution is 0.592. The summed E-state index contributed by atoms with van der Waals surface area (Å²) in [6, 6.07) is 0. The molecule has 0 amide bonds. The van der Waals surface area contributed by atoms with E-state index in [-0.39, 0.29) is 0 Å². The van der Waals surface area contributed by atoms with Crippen LogP contribution < -0.4 is 5.73 Å². The van der Waals surface area contributed by atoms with Gasteiger partial charge in [0.1, 0.15) is 12.2 Å². The highest BCUT2D eigenvalue weighted by Crippen LogP contribution is 1.99. The number of aryl methyl sites for hydroxylation is 2. The largest absolute Gasteiger partial charge is 0.330 e. The van der Waals surface area contributed by atoms with Gasteiger partial charge >= 0.3 is 0 Å². The van der Waals surface area contributed by atoms with E-state index in [0.717, 1.165) is 38.2 Å². The van der Waals surface area contributed by atoms with E-state index in [1.165, 1.54) is 0 Å². The molecule has 0 radical (unpaired) electrons. The van der Waals surface area contributed by atoms with Gasteiger partial charge in [0.25, 0.3) is 0 Å². The molecular formula is C8H16N4. The summed E-state index contributed by atoms with van der Waals surface area (Å²) in [5.74, 6) is 1.06. The molecule has 0 bridgehead atoms. The van der Waals surface area contributed by atoms with Crippen molar-refractivity contribution in [2.45, 2.75) is 32.7 Å². The molecule has 0 fully saturated rings. The van der Waals surface area contributed by atoms with Gasteiger partial charge in [-0.3, -0.25) is 0 Å². The average Bonchev–Trinajstić information content (AvgIpc) is 2.52. The molecule has 12 heavy (non-hydrogen) atoms. The SMILES string of the molecule is CCc1nncn1CCCCN. The van der Waals surface area contributed by atoms with Crippen LogP contribution in [0.4, 0.5) is 0 Å². The van der Waals surface area contributed by atoms with Gasteiger partial charge < -0.3 is 10.3 Å². The van der Waals surface area contributed by atoms with E-state index in [0.29, 0.717) is 0 Å². The molecule has 0 aromatic carbocycles. The monoisotopic (exact) mass is 168 g/mol. The van der Waals surface area contributed by atoms with E-state index in [4.69, 9.17) is 5.73 Å². The maximum absolute atomic E-state index is 5.40. The van der Waals surface area contributed by atoms with Gasteiger partial charge in [0.15, 0.2) is 0 Å². The Morgan fingerprint density at radius 1 is 1.50 bits per heavy atom. The van der Waals surface area contributed by atoms with Crippen LogP contribution in [-0.4, -0.2) is 21.3 Å². The molecule has 0 atom stereocenters. The quantitative estimate of drug-likeness (QED) is 0.654. The molecule has 0 saturated carbocycles. The molecule has 2 N–H and O–H groups in total. The topological polar surface area (TPSA) is 56.7 Å². The van der Waals surface area contributed by atoms with Gasteiger partial charge in [-0.15, -0.1) is 10.2 Å². The van der Waals surface area contributed by atoms with Crippen molar-refractivity contribution in [2.24, 2.45) is 5.73 Å². The number of nitrogens with two attached hydrogens (primary N) is 1. The highest BCUT2D eigenvalue weighted by Gasteiger charge is 1.99. The molecular weight excluding hydrogens is 152 g/mol. The predicted molar refractivity (Wildman–Crippen MR) is 47.7 cm³/mol. The summed E-state index contributed by atoms with van der Waals surface area (Å²) < 4.78 is 2.09. The first-order valence-corrected chi connectivity index (χ1v) is 4.45. The second-order valence-corrected chi connectivity index (χ2v) is 2.79. The molecule has 0 aliphatic carbocycles. The Morgan fingerprint density at radius 3 is 3.00 bits per heavy atom. The Labute approximate surface area is 72.8 Å². The molecule has 0 saturated heterocycles. The van der Waals surface area contributed by atoms with Crippen LogP contribution in [0.2, 0.25) is 0 Å². The lowest BCUT2D eigenvalue weighted by Gasteiger charge is -2.02. The predicted octanol–water partition coefficient (Wildman–Crippen LogP) is 0.579. The molecule has 1 heterocycles. The molecule has 1 aromatic rings. The van der Waals surface area contributed by atoms with Gasteiger partial charge in [0.2, 0.25) is 0 Å². The molecule has 4 heteroatoms. The second-order valence-electron chi connectivity index (χ2n) is 2.79. The first-order chi connectivity index (χ1) is 5.88. The highest BCUT2D eigenvalue weighted by atomic mass is 15.3. The summed E-state index contributed by atoms with van der Waals surface area (Å²) >= 11 is 0. The van der Waals surface area contributed by atoms with Crippen molar-refractivity contribution in [2.75, 3.05) is 6.54 Å². The van der Waals surface area contributed by atoms with E-state index in [1.807, 2.05) is 0 Å². The number of aromatic nitrogens is 3. The van der Waals surface area contributed by atoms with E-state index >= 15 is 0 Å². The molecule has 68 valence electrons. The van der Waals surface area contributed by atoms with Gasteiger partial charge in [0.05, 0.1) is 0 Å². The standard InChI is InChI=1S/C8H16N4/c1-2-8-11-10-7-12(8)6-4-3-5-9/h7H,2-6,9H2,1H3. The van der Waals surface area contributed by atoms with Crippen LogP contribution in [0.25, 0.3) is 0 Å². The van der Waals surface area contributed by atoms with Crippen LogP contribution in [0, 0.1) is 0 Å². The van der Waals surface area contributed by atoms with E-state index in [2.05, 4.69) is 21.7 Å². The summed E-state index contributed by atoms with van der Waals surface area (Å²) in [4.78, 5) is 0. The summed E-state index contributed by atoms with van der Waals surface area (Å²) in [5.41, 5.74) is 5.40. The molecule has 0 unspecified atom stereocenters. The lowest BCUT2D eigenvalue weighted by Crippen LogP contribution is -2.05. The molecule has 0 aliphatic heterocycles. The van der Waals surface area contributed by atoms with Crippen LogP contribution in [0.1, 0.15) is 25.6 Å². The van der Waals surface area contributed by atoms with Crippen LogP contribution in [0.5, 0.6) is 0 Å². The first-order valence-electron chi connectivity index (χ1n) is 4.45. The molecule has 0 aliphatic rings. The number of hydrogen-bond donors (Lipinski definition) is 1. The zero-order valence-corrected chi connectivity index (χ0v) is 7.53. The summed E-state index contributed by atoms with van der Waals surface area (Å²) in [7, 11) is 0. The molecule has 1 aromatic heterocycles. The molecule has 0 spiro atoms. The normalized spacial score (nSPS) is 10.5. The van der Waals surface area contributed by atoms with Crippen LogP contribution >= 0.6 is 0 Å². The average molecular weight is 168 g/mol. The molecule has 4 nitrogen and oxygen atoms in total. The van der Waals surface area contributed by atoms with Crippen molar-refractivity contribution in [3.05, 3.63) is 12.2 Å². The summed E-state index contributed by atoms with van der Waals surface area (Å²) in [6.45, 7) is 3.85. The van der Waals surface area contributed by atoms with Gasteiger partial charge in [-0.25, -0.2) is 0 Å². The fourth-order valence-corrected chi connectivity index (χ4v) is 1.17. The van der Waals surface area contributed by atoms with Crippen molar-refractivity contribution < 1.29 is 0 Å². The van der Waals surface area contributed by atoms with Gasteiger partial charge in [0, 0.05) is 13.0 Å². The van der Waals surface area contributed by atoms with Crippen molar-refractivity contribution in [1.82, 2.24) is 14.8 Å². The Bertz CT molecular complexity index is 219. The summed E-state index contributed by atoms with van der Waals surface area (Å²) in [6.07, 6.45) is 4.92. The first kappa shape index (κ1) is 9.19. The van der Waals surface area contributed by atoms with Crippen LogP contribution in [0.3, 0.4) is 0 Å². The van der Waals surface area contributed by atoms with Crippen molar-refractivity contribution in [1.29, 1.82) is 0 Å². The Kier molecular flexibility index (Phi) is 3.73. The van der Waals surface area contributed by atoms with Crippen molar-refractivity contribution in [3.8, 4) is 0 Å². The zero-order chi connectivity index (χ0) is 8.81. The van der Waals surface area contributed by atoms with E-state index in [9.17, 15) is 0 Å². The fraction of sp³-hybridized carbons (Fsp3) is 0.750. The minimum Gasteiger partial charge on any atom is -0.330 e.